The van der Waals surface area contributed by atoms with Gasteiger partial charge in [0.1, 0.15) is 11.6 Å². The van der Waals surface area contributed by atoms with Crippen molar-refractivity contribution in [1.82, 2.24) is 9.80 Å². The molecule has 2 aromatic rings. The predicted molar refractivity (Wildman–Crippen MR) is 130 cm³/mol. The highest BCUT2D eigenvalue weighted by atomic mass is 19.1. The van der Waals surface area contributed by atoms with Gasteiger partial charge < -0.3 is 19.9 Å². The van der Waals surface area contributed by atoms with Crippen LogP contribution in [0.5, 0.6) is 5.75 Å². The maximum absolute atomic E-state index is 13.1. The molecule has 2 aliphatic heterocycles. The summed E-state index contributed by atoms with van der Waals surface area (Å²) >= 11 is 0. The zero-order chi connectivity index (χ0) is 23.0. The summed E-state index contributed by atoms with van der Waals surface area (Å²) in [5, 5.41) is 3.06. The Labute approximate surface area is 196 Å². The molecule has 1 atom stereocenters. The van der Waals surface area contributed by atoms with Crippen LogP contribution in [0.3, 0.4) is 0 Å². The lowest BCUT2D eigenvalue weighted by Gasteiger charge is -2.38. The highest BCUT2D eigenvalue weighted by Gasteiger charge is 2.28. The van der Waals surface area contributed by atoms with Gasteiger partial charge in [-0.2, -0.15) is 0 Å². The number of carbonyl (C=O) groups excluding carboxylic acids is 1. The molecule has 2 amide bonds. The number of urea groups is 1. The number of nitrogens with zero attached hydrogens (tertiary/aromatic N) is 2. The Balaban J connectivity index is 1.24. The standard InChI is InChI=1S/C27H36FN3O2/c1-33-26-7-4-5-24(20-26)29-27(32)31-15-3-2-6-25(31)14-18-30-16-12-22(13-17-30)19-21-8-10-23(28)11-9-21/h4-5,7-11,20,22,25H,2-3,6,12-19H2,1H3,(H,29,32). The van der Waals surface area contributed by atoms with Crippen molar-refractivity contribution < 1.29 is 13.9 Å². The molecule has 1 unspecified atom stereocenters. The molecule has 0 spiro atoms. The fourth-order valence-electron chi connectivity index (χ4n) is 5.16. The van der Waals surface area contributed by atoms with E-state index in [2.05, 4.69) is 10.2 Å². The molecular weight excluding hydrogens is 417 g/mol. The predicted octanol–water partition coefficient (Wildman–Crippen LogP) is 5.57. The largest absolute Gasteiger partial charge is 0.497 e. The van der Waals surface area contributed by atoms with Gasteiger partial charge in [-0.3, -0.25) is 0 Å². The van der Waals surface area contributed by atoms with Crippen LogP contribution >= 0.6 is 0 Å². The van der Waals surface area contributed by atoms with Crippen molar-refractivity contribution >= 4 is 11.7 Å². The van der Waals surface area contributed by atoms with Crippen LogP contribution in [-0.2, 0) is 6.42 Å². The molecule has 2 aliphatic rings. The number of piperidine rings is 2. The van der Waals surface area contributed by atoms with Gasteiger partial charge in [-0.05, 0) is 93.8 Å². The molecule has 0 aliphatic carbocycles. The molecule has 0 aromatic heterocycles. The van der Waals surface area contributed by atoms with E-state index in [0.717, 1.165) is 63.3 Å². The summed E-state index contributed by atoms with van der Waals surface area (Å²) in [5.74, 6) is 1.25. The lowest BCUT2D eigenvalue weighted by Crippen LogP contribution is -2.47. The molecule has 5 nitrogen and oxygen atoms in total. The summed E-state index contributed by atoms with van der Waals surface area (Å²) in [4.78, 5) is 17.6. The average molecular weight is 454 g/mol. The summed E-state index contributed by atoms with van der Waals surface area (Å²) in [6.07, 6.45) is 7.75. The van der Waals surface area contributed by atoms with Gasteiger partial charge in [0.25, 0.3) is 0 Å². The van der Waals surface area contributed by atoms with Crippen LogP contribution < -0.4 is 10.1 Å². The first kappa shape index (κ1) is 23.6. The topological polar surface area (TPSA) is 44.8 Å². The Hall–Kier alpha value is -2.60. The SMILES string of the molecule is COc1cccc(NC(=O)N2CCCCC2CCN2CCC(Cc3ccc(F)cc3)CC2)c1. The molecule has 6 heteroatoms. The van der Waals surface area contributed by atoms with Crippen LogP contribution in [0.2, 0.25) is 0 Å². The van der Waals surface area contributed by atoms with E-state index >= 15 is 0 Å². The van der Waals surface area contributed by atoms with Gasteiger partial charge in [0.2, 0.25) is 0 Å². The highest BCUT2D eigenvalue weighted by Crippen LogP contribution is 2.25. The number of rotatable bonds is 7. The van der Waals surface area contributed by atoms with Gasteiger partial charge in [0.05, 0.1) is 7.11 Å². The van der Waals surface area contributed by atoms with Crippen molar-refractivity contribution in [2.24, 2.45) is 5.92 Å². The van der Waals surface area contributed by atoms with Crippen LogP contribution in [0.25, 0.3) is 0 Å². The summed E-state index contributed by atoms with van der Waals surface area (Å²) in [7, 11) is 1.63. The van der Waals surface area contributed by atoms with E-state index in [9.17, 15) is 9.18 Å². The molecule has 0 radical (unpaired) electrons. The molecule has 33 heavy (non-hydrogen) atoms. The summed E-state index contributed by atoms with van der Waals surface area (Å²) < 4.78 is 18.4. The maximum Gasteiger partial charge on any atom is 0.322 e. The number of halogens is 1. The fourth-order valence-corrected chi connectivity index (χ4v) is 5.16. The number of ether oxygens (including phenoxy) is 1. The van der Waals surface area contributed by atoms with Gasteiger partial charge in [-0.25, -0.2) is 9.18 Å². The molecule has 2 fully saturated rings. The van der Waals surface area contributed by atoms with Crippen LogP contribution in [0.1, 0.15) is 44.1 Å². The number of amides is 2. The number of carbonyl (C=O) groups is 1. The minimum Gasteiger partial charge on any atom is -0.497 e. The summed E-state index contributed by atoms with van der Waals surface area (Å²) in [6.45, 7) is 4.07. The number of anilines is 1. The quantitative estimate of drug-likeness (QED) is 0.596. The number of benzene rings is 2. The Morgan fingerprint density at radius 3 is 2.61 bits per heavy atom. The Bertz CT molecular complexity index is 896. The Morgan fingerprint density at radius 1 is 1.06 bits per heavy atom. The van der Waals surface area contributed by atoms with E-state index in [1.54, 1.807) is 19.2 Å². The van der Waals surface area contributed by atoms with Crippen LogP contribution in [-0.4, -0.2) is 55.2 Å². The van der Waals surface area contributed by atoms with Gasteiger partial charge in [0, 0.05) is 30.9 Å². The molecule has 0 saturated carbocycles. The van der Waals surface area contributed by atoms with Crippen molar-refractivity contribution in [3.8, 4) is 5.75 Å². The molecule has 2 aromatic carbocycles. The first-order valence-electron chi connectivity index (χ1n) is 12.3. The van der Waals surface area contributed by atoms with Crippen molar-refractivity contribution in [3.05, 3.63) is 59.9 Å². The van der Waals surface area contributed by atoms with Crippen molar-refractivity contribution in [1.29, 1.82) is 0 Å². The molecule has 2 heterocycles. The third kappa shape index (κ3) is 6.70. The van der Waals surface area contributed by atoms with E-state index < -0.39 is 0 Å². The monoisotopic (exact) mass is 453 g/mol. The van der Waals surface area contributed by atoms with E-state index in [0.29, 0.717) is 12.0 Å². The van der Waals surface area contributed by atoms with Crippen molar-refractivity contribution in [3.63, 3.8) is 0 Å². The van der Waals surface area contributed by atoms with Gasteiger partial charge in [-0.15, -0.1) is 0 Å². The minimum atomic E-state index is -0.164. The Kier molecular flexibility index (Phi) is 8.21. The Morgan fingerprint density at radius 2 is 1.85 bits per heavy atom. The highest BCUT2D eigenvalue weighted by molar-refractivity contribution is 5.89. The van der Waals surface area contributed by atoms with Gasteiger partial charge >= 0.3 is 6.03 Å². The van der Waals surface area contributed by atoms with Crippen molar-refractivity contribution in [2.45, 2.75) is 51.0 Å². The second kappa shape index (κ2) is 11.5. The zero-order valence-corrected chi connectivity index (χ0v) is 19.6. The summed E-state index contributed by atoms with van der Waals surface area (Å²) in [6, 6.07) is 14.8. The third-order valence-corrected chi connectivity index (χ3v) is 7.13. The molecule has 2 saturated heterocycles. The number of methoxy groups -OCH3 is 1. The molecular formula is C27H36FN3O2. The van der Waals surface area contributed by atoms with Crippen LogP contribution in [0.15, 0.2) is 48.5 Å². The average Bonchev–Trinajstić information content (AvgIpc) is 2.85. The van der Waals surface area contributed by atoms with Gasteiger partial charge in [0.15, 0.2) is 0 Å². The normalized spacial score (nSPS) is 19.9. The second-order valence-corrected chi connectivity index (χ2v) is 9.41. The minimum absolute atomic E-state index is 0.00837. The third-order valence-electron chi connectivity index (χ3n) is 7.13. The summed E-state index contributed by atoms with van der Waals surface area (Å²) in [5.41, 5.74) is 2.00. The van der Waals surface area contributed by atoms with Gasteiger partial charge in [-0.1, -0.05) is 18.2 Å². The maximum atomic E-state index is 13.1. The van der Waals surface area contributed by atoms with E-state index in [1.807, 2.05) is 41.3 Å². The number of hydrogen-bond acceptors (Lipinski definition) is 3. The molecule has 178 valence electrons. The van der Waals surface area contributed by atoms with E-state index in [-0.39, 0.29) is 11.8 Å². The number of likely N-dealkylation sites (tertiary alicyclic amines) is 2. The van der Waals surface area contributed by atoms with Crippen LogP contribution in [0.4, 0.5) is 14.9 Å². The van der Waals surface area contributed by atoms with E-state index in [1.165, 1.54) is 24.8 Å². The second-order valence-electron chi connectivity index (χ2n) is 9.41. The molecule has 0 bridgehead atoms. The fraction of sp³-hybridized carbons (Fsp3) is 0.519. The zero-order valence-electron chi connectivity index (χ0n) is 19.6. The van der Waals surface area contributed by atoms with E-state index in [4.69, 9.17) is 4.74 Å². The smallest absolute Gasteiger partial charge is 0.322 e. The lowest BCUT2D eigenvalue weighted by molar-refractivity contribution is 0.132. The number of hydrogen-bond donors (Lipinski definition) is 1. The molecule has 1 N–H and O–H groups in total. The van der Waals surface area contributed by atoms with Crippen molar-refractivity contribution in [2.75, 3.05) is 38.6 Å². The van der Waals surface area contributed by atoms with Crippen LogP contribution in [0, 0.1) is 11.7 Å². The molecule has 4 rings (SSSR count). The first-order valence-corrected chi connectivity index (χ1v) is 12.3. The first-order chi connectivity index (χ1) is 16.1. The lowest BCUT2D eigenvalue weighted by atomic mass is 9.90. The number of nitrogens with one attached hydrogen (secondary N) is 1.